The number of rotatable bonds is 3. The van der Waals surface area contributed by atoms with Crippen molar-refractivity contribution in [3.8, 4) is 0 Å². The summed E-state index contributed by atoms with van der Waals surface area (Å²) in [6.07, 6.45) is 3.38. The van der Waals surface area contributed by atoms with Gasteiger partial charge in [0.25, 0.3) is 0 Å². The van der Waals surface area contributed by atoms with Crippen LogP contribution in [0.25, 0.3) is 0 Å². The molecule has 1 unspecified atom stereocenters. The molecular weight excluding hydrogens is 301 g/mol. The van der Waals surface area contributed by atoms with Gasteiger partial charge in [-0.25, -0.2) is 14.4 Å². The predicted molar refractivity (Wildman–Crippen MR) is 85.0 cm³/mol. The van der Waals surface area contributed by atoms with Gasteiger partial charge in [0.15, 0.2) is 0 Å². The summed E-state index contributed by atoms with van der Waals surface area (Å²) >= 11 is 6.15. The van der Waals surface area contributed by atoms with Crippen LogP contribution in [0.3, 0.4) is 0 Å². The topological polar surface area (TPSA) is 29.0 Å². The molecule has 1 aliphatic carbocycles. The highest BCUT2D eigenvalue weighted by Crippen LogP contribution is 2.39. The van der Waals surface area contributed by atoms with Crippen molar-refractivity contribution < 1.29 is 4.39 Å². The zero-order valence-corrected chi connectivity index (χ0v) is 12.9. The maximum absolute atomic E-state index is 13.0. The van der Waals surface area contributed by atoms with Gasteiger partial charge in [-0.1, -0.05) is 23.7 Å². The molecule has 1 saturated carbocycles. The summed E-state index contributed by atoms with van der Waals surface area (Å²) in [5, 5.41) is 0.525. The summed E-state index contributed by atoms with van der Waals surface area (Å²) in [5.74, 6) is 2.53. The van der Waals surface area contributed by atoms with Gasteiger partial charge in [-0.15, -0.1) is 0 Å². The van der Waals surface area contributed by atoms with Crippen molar-refractivity contribution in [2.45, 2.75) is 31.1 Å². The summed E-state index contributed by atoms with van der Waals surface area (Å²) in [6.45, 7) is 1.84. The highest BCUT2D eigenvalue weighted by molar-refractivity contribution is 6.29. The molecule has 0 radical (unpaired) electrons. The number of anilines is 1. The fourth-order valence-electron chi connectivity index (χ4n) is 3.08. The largest absolute Gasteiger partial charge is 0.356 e. The molecule has 2 aromatic rings. The van der Waals surface area contributed by atoms with Crippen LogP contribution in [0.15, 0.2) is 30.3 Å². The Kier molecular flexibility index (Phi) is 3.49. The summed E-state index contributed by atoms with van der Waals surface area (Å²) in [7, 11) is 0. The second-order valence-electron chi connectivity index (χ2n) is 6.16. The normalized spacial score (nSPS) is 21.4. The van der Waals surface area contributed by atoms with Crippen LogP contribution in [0.4, 0.5) is 10.2 Å². The van der Waals surface area contributed by atoms with Gasteiger partial charge in [-0.05, 0) is 37.0 Å². The lowest BCUT2D eigenvalue weighted by molar-refractivity contribution is 0.625. The first-order valence-corrected chi connectivity index (χ1v) is 8.12. The van der Waals surface area contributed by atoms with E-state index in [1.165, 1.54) is 17.7 Å². The summed E-state index contributed by atoms with van der Waals surface area (Å²) < 4.78 is 13.0. The van der Waals surface area contributed by atoms with Crippen LogP contribution in [-0.4, -0.2) is 23.1 Å². The highest BCUT2D eigenvalue weighted by atomic mass is 35.5. The third-order valence-corrected chi connectivity index (χ3v) is 4.69. The van der Waals surface area contributed by atoms with Crippen molar-refractivity contribution in [3.63, 3.8) is 0 Å². The molecule has 1 aromatic heterocycles. The molecular formula is C17H17ClFN3. The molecule has 0 N–H and O–H groups in total. The van der Waals surface area contributed by atoms with Crippen molar-refractivity contribution in [2.75, 3.05) is 18.0 Å². The Hall–Kier alpha value is -1.68. The molecule has 114 valence electrons. The van der Waals surface area contributed by atoms with Gasteiger partial charge in [0.05, 0.1) is 0 Å². The average Bonchev–Trinajstić information content (AvgIpc) is 3.25. The second-order valence-corrected chi connectivity index (χ2v) is 6.55. The molecule has 2 aliphatic rings. The molecule has 1 aliphatic heterocycles. The monoisotopic (exact) mass is 317 g/mol. The van der Waals surface area contributed by atoms with Gasteiger partial charge in [-0.2, -0.15) is 0 Å². The molecule has 0 bridgehead atoms. The Bertz CT molecular complexity index is 685. The van der Waals surface area contributed by atoms with Crippen LogP contribution in [0.2, 0.25) is 5.15 Å². The van der Waals surface area contributed by atoms with Crippen LogP contribution in [0.5, 0.6) is 0 Å². The second kappa shape index (κ2) is 5.51. The van der Waals surface area contributed by atoms with Crippen LogP contribution >= 0.6 is 11.6 Å². The highest BCUT2D eigenvalue weighted by Gasteiger charge is 2.29. The Morgan fingerprint density at radius 3 is 2.55 bits per heavy atom. The Labute approximate surface area is 134 Å². The Morgan fingerprint density at radius 2 is 1.82 bits per heavy atom. The number of hydrogen-bond acceptors (Lipinski definition) is 3. The number of halogens is 2. The number of hydrogen-bond donors (Lipinski definition) is 0. The first kappa shape index (κ1) is 13.9. The minimum atomic E-state index is -0.185. The SMILES string of the molecule is Fc1ccc(C2CCN(c3cc(Cl)nc(C4CC4)n3)C2)cc1. The van der Waals surface area contributed by atoms with Crippen molar-refractivity contribution >= 4 is 17.4 Å². The van der Waals surface area contributed by atoms with Gasteiger partial charge in [0.2, 0.25) is 0 Å². The van der Waals surface area contributed by atoms with E-state index in [1.54, 1.807) is 0 Å². The molecule has 4 rings (SSSR count). The molecule has 1 saturated heterocycles. The van der Waals surface area contributed by atoms with Gasteiger partial charge in [-0.3, -0.25) is 0 Å². The zero-order chi connectivity index (χ0) is 15.1. The quantitative estimate of drug-likeness (QED) is 0.797. The average molecular weight is 318 g/mol. The van der Waals surface area contributed by atoms with Gasteiger partial charge in [0.1, 0.15) is 22.6 Å². The van der Waals surface area contributed by atoms with E-state index in [-0.39, 0.29) is 5.82 Å². The third-order valence-electron chi connectivity index (χ3n) is 4.49. The minimum absolute atomic E-state index is 0.185. The van der Waals surface area contributed by atoms with Crippen LogP contribution in [-0.2, 0) is 0 Å². The van der Waals surface area contributed by atoms with Crippen LogP contribution < -0.4 is 4.90 Å². The molecule has 1 aromatic carbocycles. The van der Waals surface area contributed by atoms with Crippen molar-refractivity contribution in [3.05, 3.63) is 52.7 Å². The molecule has 22 heavy (non-hydrogen) atoms. The lowest BCUT2D eigenvalue weighted by atomic mass is 9.99. The van der Waals surface area contributed by atoms with E-state index in [4.69, 9.17) is 16.6 Å². The maximum atomic E-state index is 13.0. The van der Waals surface area contributed by atoms with Gasteiger partial charge in [0, 0.05) is 31.0 Å². The lowest BCUT2D eigenvalue weighted by Gasteiger charge is -2.18. The summed E-state index contributed by atoms with van der Waals surface area (Å²) in [5.41, 5.74) is 1.19. The first-order chi connectivity index (χ1) is 10.7. The zero-order valence-electron chi connectivity index (χ0n) is 12.2. The van der Waals surface area contributed by atoms with Crippen LogP contribution in [0.1, 0.15) is 42.5 Å². The van der Waals surface area contributed by atoms with E-state index >= 15 is 0 Å². The molecule has 0 amide bonds. The fourth-order valence-corrected chi connectivity index (χ4v) is 3.27. The van der Waals surface area contributed by atoms with E-state index < -0.39 is 0 Å². The smallest absolute Gasteiger partial charge is 0.135 e. The number of aromatic nitrogens is 2. The fraction of sp³-hybridized carbons (Fsp3) is 0.412. The standard InChI is InChI=1S/C17H17ClFN3/c18-15-9-16(21-17(20-15)12-1-2-12)22-8-7-13(10-22)11-3-5-14(19)6-4-11/h3-6,9,12-13H,1-2,7-8,10H2. The number of benzene rings is 1. The molecule has 5 heteroatoms. The Balaban J connectivity index is 1.53. The third kappa shape index (κ3) is 2.80. The first-order valence-electron chi connectivity index (χ1n) is 7.74. The molecule has 2 fully saturated rings. The summed E-state index contributed by atoms with van der Waals surface area (Å²) in [6, 6.07) is 8.67. The van der Waals surface area contributed by atoms with Gasteiger partial charge >= 0.3 is 0 Å². The molecule has 1 atom stereocenters. The van der Waals surface area contributed by atoms with E-state index in [0.717, 1.165) is 44.0 Å². The molecule has 3 nitrogen and oxygen atoms in total. The van der Waals surface area contributed by atoms with E-state index in [1.807, 2.05) is 18.2 Å². The summed E-state index contributed by atoms with van der Waals surface area (Å²) in [4.78, 5) is 11.3. The minimum Gasteiger partial charge on any atom is -0.356 e. The van der Waals surface area contributed by atoms with Crippen molar-refractivity contribution in [1.82, 2.24) is 9.97 Å². The van der Waals surface area contributed by atoms with E-state index in [9.17, 15) is 4.39 Å². The molecule has 2 heterocycles. The van der Waals surface area contributed by atoms with Gasteiger partial charge < -0.3 is 4.90 Å². The maximum Gasteiger partial charge on any atom is 0.135 e. The predicted octanol–water partition coefficient (Wildman–Crippen LogP) is 4.14. The Morgan fingerprint density at radius 1 is 1.05 bits per heavy atom. The van der Waals surface area contributed by atoms with Crippen molar-refractivity contribution in [2.24, 2.45) is 0 Å². The van der Waals surface area contributed by atoms with Crippen LogP contribution in [0, 0.1) is 5.82 Å². The molecule has 0 spiro atoms. The number of nitrogens with zero attached hydrogens (tertiary/aromatic N) is 3. The van der Waals surface area contributed by atoms with Crippen molar-refractivity contribution in [1.29, 1.82) is 0 Å². The van der Waals surface area contributed by atoms with E-state index in [0.29, 0.717) is 17.0 Å². The lowest BCUT2D eigenvalue weighted by Crippen LogP contribution is -2.21. The van der Waals surface area contributed by atoms with E-state index in [2.05, 4.69) is 9.88 Å².